The van der Waals surface area contributed by atoms with E-state index in [0.717, 1.165) is 63.7 Å². The van der Waals surface area contributed by atoms with Crippen molar-refractivity contribution in [2.24, 2.45) is 5.92 Å². The van der Waals surface area contributed by atoms with Gasteiger partial charge in [0, 0.05) is 45.2 Å². The Labute approximate surface area is 132 Å². The van der Waals surface area contributed by atoms with Crippen molar-refractivity contribution in [1.82, 2.24) is 15.1 Å². The Hall–Kier alpha value is -1.85. The first-order valence-corrected chi connectivity index (χ1v) is 8.35. The maximum atomic E-state index is 12.1. The maximum Gasteiger partial charge on any atom is 0.225 e. The van der Waals surface area contributed by atoms with Gasteiger partial charge in [-0.15, -0.1) is 10.2 Å². The molecule has 3 rings (SSSR count). The largest absolute Gasteiger partial charge is 0.356 e. The van der Waals surface area contributed by atoms with Crippen molar-refractivity contribution in [1.29, 1.82) is 0 Å². The average molecular weight is 303 g/mol. The van der Waals surface area contributed by atoms with Gasteiger partial charge in [-0.1, -0.05) is 0 Å². The number of nitrogens with zero attached hydrogens (tertiary/aromatic N) is 5. The van der Waals surface area contributed by atoms with Gasteiger partial charge >= 0.3 is 0 Å². The summed E-state index contributed by atoms with van der Waals surface area (Å²) in [6.07, 6.45) is 2.16. The first kappa shape index (κ1) is 15.1. The molecular formula is C16H25N5O. The molecule has 6 nitrogen and oxygen atoms in total. The van der Waals surface area contributed by atoms with Crippen LogP contribution in [0.25, 0.3) is 0 Å². The molecule has 2 aliphatic rings. The smallest absolute Gasteiger partial charge is 0.225 e. The zero-order valence-corrected chi connectivity index (χ0v) is 13.5. The lowest BCUT2D eigenvalue weighted by Crippen LogP contribution is -2.49. The van der Waals surface area contributed by atoms with Gasteiger partial charge in [0.05, 0.1) is 0 Å². The van der Waals surface area contributed by atoms with E-state index in [0.29, 0.717) is 11.8 Å². The van der Waals surface area contributed by atoms with Crippen LogP contribution in [0, 0.1) is 5.92 Å². The van der Waals surface area contributed by atoms with Crippen LogP contribution in [0.3, 0.4) is 0 Å². The SMILES string of the molecule is CCN(CC)c1ccc(N2CCN(C(=O)C3CC3)CC2)nn1. The van der Waals surface area contributed by atoms with Crippen LogP contribution in [-0.4, -0.2) is 60.3 Å². The Bertz CT molecular complexity index is 502. The summed E-state index contributed by atoms with van der Waals surface area (Å²) >= 11 is 0. The topological polar surface area (TPSA) is 52.6 Å². The highest BCUT2D eigenvalue weighted by molar-refractivity contribution is 5.81. The van der Waals surface area contributed by atoms with Gasteiger partial charge in [0.1, 0.15) is 0 Å². The zero-order valence-electron chi connectivity index (χ0n) is 13.5. The third-order valence-electron chi connectivity index (χ3n) is 4.57. The Morgan fingerprint density at radius 3 is 2.32 bits per heavy atom. The summed E-state index contributed by atoms with van der Waals surface area (Å²) < 4.78 is 0. The molecule has 1 saturated carbocycles. The highest BCUT2D eigenvalue weighted by atomic mass is 16.2. The second-order valence-electron chi connectivity index (χ2n) is 6.01. The van der Waals surface area contributed by atoms with E-state index >= 15 is 0 Å². The molecule has 22 heavy (non-hydrogen) atoms. The van der Waals surface area contributed by atoms with Gasteiger partial charge in [-0.2, -0.15) is 0 Å². The normalized spacial score (nSPS) is 18.5. The number of anilines is 2. The predicted octanol–water partition coefficient (Wildman–Crippen LogP) is 1.38. The third kappa shape index (κ3) is 3.15. The number of carbonyl (C=O) groups is 1. The Morgan fingerprint density at radius 2 is 1.82 bits per heavy atom. The lowest BCUT2D eigenvalue weighted by Gasteiger charge is -2.35. The zero-order chi connectivity index (χ0) is 15.5. The van der Waals surface area contributed by atoms with Crippen molar-refractivity contribution < 1.29 is 4.79 Å². The van der Waals surface area contributed by atoms with E-state index < -0.39 is 0 Å². The summed E-state index contributed by atoms with van der Waals surface area (Å²) in [6, 6.07) is 4.08. The van der Waals surface area contributed by atoms with Crippen molar-refractivity contribution in [2.75, 3.05) is 49.1 Å². The second kappa shape index (κ2) is 6.50. The lowest BCUT2D eigenvalue weighted by atomic mass is 10.2. The fraction of sp³-hybridized carbons (Fsp3) is 0.688. The van der Waals surface area contributed by atoms with Gasteiger partial charge in [0.2, 0.25) is 5.91 Å². The standard InChI is InChI=1S/C16H25N5O/c1-3-19(4-2)14-7-8-15(18-17-14)20-9-11-21(12-10-20)16(22)13-5-6-13/h7-8,13H,3-6,9-12H2,1-2H3. The number of carbonyl (C=O) groups excluding carboxylic acids is 1. The third-order valence-corrected chi connectivity index (χ3v) is 4.57. The Morgan fingerprint density at radius 1 is 1.14 bits per heavy atom. The van der Waals surface area contributed by atoms with Gasteiger partial charge < -0.3 is 14.7 Å². The molecule has 0 aromatic carbocycles. The second-order valence-corrected chi connectivity index (χ2v) is 6.01. The number of hydrogen-bond donors (Lipinski definition) is 0. The molecule has 0 spiro atoms. The first-order valence-electron chi connectivity index (χ1n) is 8.35. The Balaban J connectivity index is 1.57. The Kier molecular flexibility index (Phi) is 4.45. The monoisotopic (exact) mass is 303 g/mol. The van der Waals surface area contributed by atoms with Crippen LogP contribution < -0.4 is 9.80 Å². The van der Waals surface area contributed by atoms with E-state index in [1.165, 1.54) is 0 Å². The molecule has 0 bridgehead atoms. The summed E-state index contributed by atoms with van der Waals surface area (Å²) in [7, 11) is 0. The molecule has 1 aliphatic heterocycles. The van der Waals surface area contributed by atoms with Crippen molar-refractivity contribution in [2.45, 2.75) is 26.7 Å². The summed E-state index contributed by atoms with van der Waals surface area (Å²) in [4.78, 5) is 18.5. The lowest BCUT2D eigenvalue weighted by molar-refractivity contribution is -0.132. The van der Waals surface area contributed by atoms with E-state index in [-0.39, 0.29) is 0 Å². The van der Waals surface area contributed by atoms with E-state index in [4.69, 9.17) is 0 Å². The number of rotatable bonds is 5. The molecule has 1 amide bonds. The molecule has 0 unspecified atom stereocenters. The summed E-state index contributed by atoms with van der Waals surface area (Å²) in [5.74, 6) is 2.51. The quantitative estimate of drug-likeness (QED) is 0.822. The fourth-order valence-corrected chi connectivity index (χ4v) is 2.95. The van der Waals surface area contributed by atoms with E-state index in [2.05, 4.69) is 33.8 Å². The van der Waals surface area contributed by atoms with Gasteiger partial charge in [-0.25, -0.2) is 0 Å². The van der Waals surface area contributed by atoms with Crippen LogP contribution in [-0.2, 0) is 4.79 Å². The predicted molar refractivity (Wildman–Crippen MR) is 87.1 cm³/mol. The van der Waals surface area contributed by atoms with Gasteiger partial charge in [-0.3, -0.25) is 4.79 Å². The van der Waals surface area contributed by atoms with Crippen LogP contribution in [0.4, 0.5) is 11.6 Å². The molecule has 1 saturated heterocycles. The number of amides is 1. The molecule has 1 aromatic rings. The summed E-state index contributed by atoms with van der Waals surface area (Å²) in [5.41, 5.74) is 0. The molecule has 0 atom stereocenters. The molecule has 2 heterocycles. The van der Waals surface area contributed by atoms with Crippen molar-refractivity contribution >= 4 is 17.5 Å². The van der Waals surface area contributed by atoms with E-state index in [9.17, 15) is 4.79 Å². The fourth-order valence-electron chi connectivity index (χ4n) is 2.95. The minimum Gasteiger partial charge on any atom is -0.356 e. The first-order chi connectivity index (χ1) is 10.7. The van der Waals surface area contributed by atoms with Crippen LogP contribution in [0.5, 0.6) is 0 Å². The van der Waals surface area contributed by atoms with Crippen molar-refractivity contribution in [3.63, 3.8) is 0 Å². The highest BCUT2D eigenvalue weighted by Crippen LogP contribution is 2.31. The molecule has 2 fully saturated rings. The van der Waals surface area contributed by atoms with Gasteiger partial charge in [0.25, 0.3) is 0 Å². The minimum absolute atomic E-state index is 0.319. The molecule has 0 radical (unpaired) electrons. The number of hydrogen-bond acceptors (Lipinski definition) is 5. The van der Waals surface area contributed by atoms with Crippen molar-refractivity contribution in [3.8, 4) is 0 Å². The molecule has 120 valence electrons. The maximum absolute atomic E-state index is 12.1. The minimum atomic E-state index is 0.319. The number of aromatic nitrogens is 2. The van der Waals surface area contributed by atoms with E-state index in [1.54, 1.807) is 0 Å². The summed E-state index contributed by atoms with van der Waals surface area (Å²) in [6.45, 7) is 9.41. The number of piperazine rings is 1. The van der Waals surface area contributed by atoms with Crippen molar-refractivity contribution in [3.05, 3.63) is 12.1 Å². The van der Waals surface area contributed by atoms with Crippen LogP contribution >= 0.6 is 0 Å². The van der Waals surface area contributed by atoms with Crippen LogP contribution in [0.1, 0.15) is 26.7 Å². The van der Waals surface area contributed by atoms with E-state index in [1.807, 2.05) is 17.0 Å². The van der Waals surface area contributed by atoms with Crippen LogP contribution in [0.15, 0.2) is 12.1 Å². The van der Waals surface area contributed by atoms with Crippen LogP contribution in [0.2, 0.25) is 0 Å². The molecule has 1 aromatic heterocycles. The molecule has 0 N–H and O–H groups in total. The van der Waals surface area contributed by atoms with Gasteiger partial charge in [0.15, 0.2) is 11.6 Å². The molecular weight excluding hydrogens is 278 g/mol. The highest BCUT2D eigenvalue weighted by Gasteiger charge is 2.34. The molecule has 6 heteroatoms. The van der Waals surface area contributed by atoms with Gasteiger partial charge in [-0.05, 0) is 38.8 Å². The average Bonchev–Trinajstić information content (AvgIpc) is 3.41. The summed E-state index contributed by atoms with van der Waals surface area (Å²) in [5, 5.41) is 8.71. The molecule has 1 aliphatic carbocycles.